The number of nitrogens with zero attached hydrogens (tertiary/aromatic N) is 4. The molecule has 2 N–H and O–H groups in total. The lowest BCUT2D eigenvalue weighted by Gasteiger charge is -2.38. The van der Waals surface area contributed by atoms with Crippen molar-refractivity contribution in [2.45, 2.75) is 38.8 Å². The molecule has 2 aromatic rings. The van der Waals surface area contributed by atoms with Crippen LogP contribution in [0.3, 0.4) is 0 Å². The number of hydrogen-bond donors (Lipinski definition) is 2. The van der Waals surface area contributed by atoms with Gasteiger partial charge in [-0.15, -0.1) is 0 Å². The summed E-state index contributed by atoms with van der Waals surface area (Å²) in [5, 5.41) is 5.73. The van der Waals surface area contributed by atoms with Crippen LogP contribution >= 0.6 is 0 Å². The van der Waals surface area contributed by atoms with Gasteiger partial charge in [0.1, 0.15) is 5.69 Å². The average Bonchev–Trinajstić information content (AvgIpc) is 3.60. The predicted octanol–water partition coefficient (Wildman–Crippen LogP) is 2.93. The summed E-state index contributed by atoms with van der Waals surface area (Å²) in [6.07, 6.45) is 2.11. The maximum absolute atomic E-state index is 12.6. The minimum Gasteiger partial charge on any atom is -0.368 e. The molecule has 1 spiro atoms. The maximum Gasteiger partial charge on any atom is 0.322 e. The summed E-state index contributed by atoms with van der Waals surface area (Å²) in [6.45, 7) is 9.35. The molecule has 8 heteroatoms. The zero-order valence-corrected chi connectivity index (χ0v) is 19.6. The van der Waals surface area contributed by atoms with E-state index in [0.717, 1.165) is 69.2 Å². The zero-order valence-electron chi connectivity index (χ0n) is 19.6. The topological polar surface area (TPSA) is 80.8 Å². The molecule has 2 aliphatic heterocycles. The van der Waals surface area contributed by atoms with Gasteiger partial charge in [0, 0.05) is 57.6 Å². The van der Waals surface area contributed by atoms with E-state index >= 15 is 0 Å². The van der Waals surface area contributed by atoms with Crippen LogP contribution in [0.15, 0.2) is 30.3 Å². The van der Waals surface area contributed by atoms with Gasteiger partial charge < -0.3 is 20.4 Å². The Kier molecular flexibility index (Phi) is 5.48. The largest absolute Gasteiger partial charge is 0.368 e. The number of aromatic nitrogens is 1. The molecular formula is C25H32N6O2. The van der Waals surface area contributed by atoms with Crippen molar-refractivity contribution >= 4 is 23.3 Å². The molecule has 0 atom stereocenters. The Morgan fingerprint density at radius 3 is 2.55 bits per heavy atom. The van der Waals surface area contributed by atoms with Crippen LogP contribution in [0.2, 0.25) is 0 Å². The Hall–Kier alpha value is -3.13. The first-order valence-electron chi connectivity index (χ1n) is 11.8. The summed E-state index contributed by atoms with van der Waals surface area (Å²) in [7, 11) is 1.62. The quantitative estimate of drug-likeness (QED) is 0.735. The molecule has 8 nitrogen and oxygen atoms in total. The standard InChI is InChI=1S/C25H32N6O2/c1-4-31-24(33)28-21-15-18(5-6-19(21)25(31)9-10-25)16-29-11-13-30(14-12-29)22-8-7-20(23(32)26-3)27-17(22)2/h5-8,15H,4,9-14,16H2,1-3H3,(H,26,32)(H,28,33). The number of rotatable bonds is 5. The van der Waals surface area contributed by atoms with E-state index in [2.05, 4.69) is 43.6 Å². The second-order valence-electron chi connectivity index (χ2n) is 9.23. The van der Waals surface area contributed by atoms with Gasteiger partial charge in [-0.2, -0.15) is 0 Å². The Morgan fingerprint density at radius 1 is 1.15 bits per heavy atom. The molecule has 0 unspecified atom stereocenters. The van der Waals surface area contributed by atoms with Gasteiger partial charge >= 0.3 is 6.03 Å². The van der Waals surface area contributed by atoms with E-state index < -0.39 is 0 Å². The van der Waals surface area contributed by atoms with E-state index in [1.54, 1.807) is 13.1 Å². The maximum atomic E-state index is 12.6. The van der Waals surface area contributed by atoms with Crippen molar-refractivity contribution in [3.05, 3.63) is 52.8 Å². The monoisotopic (exact) mass is 448 g/mol. The van der Waals surface area contributed by atoms with Gasteiger partial charge in [0.15, 0.2) is 0 Å². The second kappa shape index (κ2) is 8.33. The van der Waals surface area contributed by atoms with Crippen molar-refractivity contribution in [2.24, 2.45) is 0 Å². The summed E-state index contributed by atoms with van der Waals surface area (Å²) in [5.74, 6) is -0.161. The number of amides is 3. The molecule has 3 heterocycles. The summed E-state index contributed by atoms with van der Waals surface area (Å²) in [6, 6.07) is 10.4. The third kappa shape index (κ3) is 3.82. The van der Waals surface area contributed by atoms with E-state index in [4.69, 9.17) is 0 Å². The summed E-state index contributed by atoms with van der Waals surface area (Å²) < 4.78 is 0. The molecule has 1 aromatic carbocycles. The van der Waals surface area contributed by atoms with Crippen molar-refractivity contribution in [3.63, 3.8) is 0 Å². The van der Waals surface area contributed by atoms with E-state index in [9.17, 15) is 9.59 Å². The van der Waals surface area contributed by atoms with Crippen LogP contribution < -0.4 is 15.5 Å². The molecule has 3 amide bonds. The van der Waals surface area contributed by atoms with Gasteiger partial charge in [0.25, 0.3) is 5.91 Å². The van der Waals surface area contributed by atoms with Crippen molar-refractivity contribution in [1.29, 1.82) is 0 Å². The van der Waals surface area contributed by atoms with Gasteiger partial charge in [-0.25, -0.2) is 9.78 Å². The number of piperazine rings is 1. The highest BCUT2D eigenvalue weighted by molar-refractivity contribution is 5.94. The number of anilines is 2. The van der Waals surface area contributed by atoms with Crippen LogP contribution in [0.25, 0.3) is 0 Å². The van der Waals surface area contributed by atoms with Crippen LogP contribution in [0.1, 0.15) is 47.1 Å². The van der Waals surface area contributed by atoms with Gasteiger partial charge in [0.05, 0.1) is 16.9 Å². The Labute approximate surface area is 195 Å². The Bertz CT molecular complexity index is 1090. The molecule has 1 saturated heterocycles. The zero-order chi connectivity index (χ0) is 23.2. The molecule has 33 heavy (non-hydrogen) atoms. The SMILES string of the molecule is CCN1C(=O)Nc2cc(CN3CCN(c4ccc(C(=O)NC)nc4C)CC3)ccc2C12CC2. The number of carbonyl (C=O) groups is 2. The van der Waals surface area contributed by atoms with Crippen molar-refractivity contribution in [1.82, 2.24) is 20.1 Å². The summed E-state index contributed by atoms with van der Waals surface area (Å²) in [4.78, 5) is 35.7. The third-order valence-electron chi connectivity index (χ3n) is 7.27. The molecule has 174 valence electrons. The number of urea groups is 1. The first-order chi connectivity index (χ1) is 15.9. The van der Waals surface area contributed by atoms with E-state index in [-0.39, 0.29) is 17.5 Å². The highest BCUT2D eigenvalue weighted by atomic mass is 16.2. The van der Waals surface area contributed by atoms with Gasteiger partial charge in [-0.1, -0.05) is 12.1 Å². The van der Waals surface area contributed by atoms with Crippen LogP contribution in [0, 0.1) is 6.92 Å². The highest BCUT2D eigenvalue weighted by Crippen LogP contribution is 2.55. The minimum atomic E-state index is -0.161. The lowest BCUT2D eigenvalue weighted by atomic mass is 9.96. The fourth-order valence-corrected chi connectivity index (χ4v) is 5.37. The molecule has 1 saturated carbocycles. The number of nitrogens with one attached hydrogen (secondary N) is 2. The smallest absolute Gasteiger partial charge is 0.322 e. The molecule has 0 radical (unpaired) electrons. The van der Waals surface area contributed by atoms with Crippen LogP contribution in [-0.2, 0) is 12.1 Å². The molecule has 2 fully saturated rings. The van der Waals surface area contributed by atoms with Crippen molar-refractivity contribution in [2.75, 3.05) is 50.0 Å². The Balaban J connectivity index is 1.23. The first kappa shape index (κ1) is 21.7. The molecule has 0 bridgehead atoms. The van der Waals surface area contributed by atoms with Crippen LogP contribution in [-0.4, -0.2) is 66.5 Å². The van der Waals surface area contributed by atoms with Crippen molar-refractivity contribution in [3.8, 4) is 0 Å². The van der Waals surface area contributed by atoms with Crippen LogP contribution in [0.4, 0.5) is 16.2 Å². The second-order valence-corrected chi connectivity index (χ2v) is 9.23. The fraction of sp³-hybridized carbons (Fsp3) is 0.480. The van der Waals surface area contributed by atoms with Crippen LogP contribution in [0.5, 0.6) is 0 Å². The summed E-state index contributed by atoms with van der Waals surface area (Å²) >= 11 is 0. The van der Waals surface area contributed by atoms with E-state index in [1.165, 1.54) is 11.1 Å². The normalized spacial score (nSPS) is 19.3. The van der Waals surface area contributed by atoms with Crippen molar-refractivity contribution < 1.29 is 9.59 Å². The van der Waals surface area contributed by atoms with E-state index in [0.29, 0.717) is 5.69 Å². The van der Waals surface area contributed by atoms with Gasteiger partial charge in [-0.05, 0) is 50.5 Å². The Morgan fingerprint density at radius 2 is 1.91 bits per heavy atom. The molecule has 1 aromatic heterocycles. The molecule has 1 aliphatic carbocycles. The van der Waals surface area contributed by atoms with E-state index in [1.807, 2.05) is 24.8 Å². The molecular weight excluding hydrogens is 416 g/mol. The number of carbonyl (C=O) groups excluding carboxylic acids is 2. The molecule has 5 rings (SSSR count). The lowest BCUT2D eigenvalue weighted by molar-refractivity contribution is 0.0958. The number of fused-ring (bicyclic) bond motifs is 2. The number of aryl methyl sites for hydroxylation is 1. The average molecular weight is 449 g/mol. The minimum absolute atomic E-state index is 0.0275. The predicted molar refractivity (Wildman–Crippen MR) is 129 cm³/mol. The van der Waals surface area contributed by atoms with Gasteiger partial charge in [0.2, 0.25) is 0 Å². The number of hydrogen-bond acceptors (Lipinski definition) is 5. The summed E-state index contributed by atoms with van der Waals surface area (Å²) in [5.41, 5.74) is 5.83. The highest BCUT2D eigenvalue weighted by Gasteiger charge is 2.54. The lowest BCUT2D eigenvalue weighted by Crippen LogP contribution is -2.47. The number of benzene rings is 1. The molecule has 3 aliphatic rings. The van der Waals surface area contributed by atoms with Gasteiger partial charge in [-0.3, -0.25) is 9.69 Å². The first-order valence-corrected chi connectivity index (χ1v) is 11.8. The third-order valence-corrected chi connectivity index (χ3v) is 7.27. The fourth-order valence-electron chi connectivity index (χ4n) is 5.37. The number of pyridine rings is 1.